The summed E-state index contributed by atoms with van der Waals surface area (Å²) in [5.41, 5.74) is -0.586. The van der Waals surface area contributed by atoms with E-state index in [-0.39, 0.29) is 19.1 Å². The molecule has 0 spiro atoms. The number of hydrogen-bond donors (Lipinski definition) is 2. The number of likely N-dealkylation sites (tertiary alicyclic amines) is 1. The predicted octanol–water partition coefficient (Wildman–Crippen LogP) is 0.481. The van der Waals surface area contributed by atoms with Crippen LogP contribution in [-0.4, -0.2) is 79.0 Å². The number of aliphatic hydroxyl groups is 2. The summed E-state index contributed by atoms with van der Waals surface area (Å²) in [5, 5.41) is 19.9. The third-order valence-corrected chi connectivity index (χ3v) is 4.56. The molecule has 0 aliphatic carbocycles. The van der Waals surface area contributed by atoms with Crippen molar-refractivity contribution < 1.29 is 24.5 Å². The lowest BCUT2D eigenvalue weighted by molar-refractivity contribution is -0.160. The minimum Gasteiger partial charge on any atom is -0.493 e. The Kier molecular flexibility index (Phi) is 6.64. The van der Waals surface area contributed by atoms with Gasteiger partial charge in [-0.05, 0) is 26.0 Å². The topological polar surface area (TPSA) is 82.5 Å². The fourth-order valence-corrected chi connectivity index (χ4v) is 3.34. The van der Waals surface area contributed by atoms with Gasteiger partial charge in [0, 0.05) is 31.7 Å². The van der Waals surface area contributed by atoms with Gasteiger partial charge in [-0.15, -0.1) is 0 Å². The normalized spacial score (nSPS) is 20.9. The molecule has 0 radical (unpaired) electrons. The summed E-state index contributed by atoms with van der Waals surface area (Å²) in [6, 6.07) is 5.55. The zero-order chi connectivity index (χ0) is 18.4. The van der Waals surface area contributed by atoms with Crippen molar-refractivity contribution in [3.05, 3.63) is 23.8 Å². The lowest BCUT2D eigenvalue weighted by Crippen LogP contribution is -2.58. The first-order valence-corrected chi connectivity index (χ1v) is 8.46. The minimum atomic E-state index is -1.42. The number of aliphatic hydroxyl groups excluding tert-OH is 1. The number of para-hydroxylation sites is 1. The van der Waals surface area contributed by atoms with Crippen molar-refractivity contribution in [2.75, 3.05) is 47.5 Å². The van der Waals surface area contributed by atoms with Gasteiger partial charge < -0.3 is 29.5 Å². The highest BCUT2D eigenvalue weighted by atomic mass is 16.5. The number of carbonyl (C=O) groups excluding carboxylic acids is 1. The number of hydrogen-bond acceptors (Lipinski definition) is 6. The standard InChI is InChI=1S/C18H28N2O5/c1-19(10-11-21)13-18(23)8-5-9-20(17(18)22)12-14-6-4-7-15(24-2)16(14)25-3/h4,6-7,21,23H,5,8-13H2,1-3H3/t18-/m0/s1. The van der Waals surface area contributed by atoms with Gasteiger partial charge in [0.1, 0.15) is 0 Å². The van der Waals surface area contributed by atoms with Gasteiger partial charge in [-0.2, -0.15) is 0 Å². The monoisotopic (exact) mass is 352 g/mol. The van der Waals surface area contributed by atoms with Crippen LogP contribution in [0.15, 0.2) is 18.2 Å². The van der Waals surface area contributed by atoms with E-state index >= 15 is 0 Å². The van der Waals surface area contributed by atoms with Gasteiger partial charge >= 0.3 is 0 Å². The van der Waals surface area contributed by atoms with Crippen molar-refractivity contribution in [3.8, 4) is 11.5 Å². The Labute approximate surface area is 148 Å². The van der Waals surface area contributed by atoms with Gasteiger partial charge in [-0.1, -0.05) is 12.1 Å². The molecule has 0 saturated carbocycles. The largest absolute Gasteiger partial charge is 0.493 e. The van der Waals surface area contributed by atoms with E-state index in [4.69, 9.17) is 14.6 Å². The summed E-state index contributed by atoms with van der Waals surface area (Å²) in [6.45, 7) is 1.55. The van der Waals surface area contributed by atoms with Crippen LogP contribution in [0.4, 0.5) is 0 Å². The molecule has 2 rings (SSSR count). The van der Waals surface area contributed by atoms with Crippen LogP contribution in [0.5, 0.6) is 11.5 Å². The Bertz CT molecular complexity index is 595. The molecule has 2 N–H and O–H groups in total. The molecule has 1 saturated heterocycles. The van der Waals surface area contributed by atoms with Crippen LogP contribution in [0.25, 0.3) is 0 Å². The average molecular weight is 352 g/mol. The first-order chi connectivity index (χ1) is 11.9. The van der Waals surface area contributed by atoms with Gasteiger partial charge in [0.15, 0.2) is 17.1 Å². The predicted molar refractivity (Wildman–Crippen MR) is 93.7 cm³/mol. The summed E-state index contributed by atoms with van der Waals surface area (Å²) in [4.78, 5) is 16.3. The van der Waals surface area contributed by atoms with E-state index in [9.17, 15) is 9.90 Å². The number of benzene rings is 1. The van der Waals surface area contributed by atoms with Crippen LogP contribution in [0.3, 0.4) is 0 Å². The number of ether oxygens (including phenoxy) is 2. The Balaban J connectivity index is 2.16. The maximum Gasteiger partial charge on any atom is 0.256 e. The van der Waals surface area contributed by atoms with Crippen LogP contribution in [-0.2, 0) is 11.3 Å². The van der Waals surface area contributed by atoms with Crippen LogP contribution in [0.2, 0.25) is 0 Å². The van der Waals surface area contributed by atoms with Gasteiger partial charge in [0.25, 0.3) is 5.91 Å². The Morgan fingerprint density at radius 2 is 2.08 bits per heavy atom. The molecule has 1 aromatic carbocycles. The lowest BCUT2D eigenvalue weighted by Gasteiger charge is -2.40. The number of rotatable bonds is 8. The Hall–Kier alpha value is -1.83. The van der Waals surface area contributed by atoms with Crippen LogP contribution in [0, 0.1) is 0 Å². The molecule has 140 valence electrons. The molecule has 25 heavy (non-hydrogen) atoms. The molecule has 1 aromatic rings. The Morgan fingerprint density at radius 1 is 1.32 bits per heavy atom. The number of methoxy groups -OCH3 is 2. The highest BCUT2D eigenvalue weighted by Gasteiger charge is 2.42. The quantitative estimate of drug-likeness (QED) is 0.708. The fraction of sp³-hybridized carbons (Fsp3) is 0.611. The third-order valence-electron chi connectivity index (χ3n) is 4.56. The van der Waals surface area contributed by atoms with Crippen molar-refractivity contribution >= 4 is 5.91 Å². The molecule has 1 aliphatic rings. The van der Waals surface area contributed by atoms with Crippen LogP contribution >= 0.6 is 0 Å². The minimum absolute atomic E-state index is 0.00844. The fourth-order valence-electron chi connectivity index (χ4n) is 3.34. The molecule has 7 heteroatoms. The van der Waals surface area contributed by atoms with E-state index in [1.165, 1.54) is 0 Å². The van der Waals surface area contributed by atoms with E-state index in [2.05, 4.69) is 0 Å². The molecule has 7 nitrogen and oxygen atoms in total. The number of amides is 1. The SMILES string of the molecule is COc1cccc(CN2CCC[C@](O)(CN(C)CCO)C2=O)c1OC. The van der Waals surface area contributed by atoms with Crippen LogP contribution < -0.4 is 9.47 Å². The van der Waals surface area contributed by atoms with E-state index < -0.39 is 5.60 Å². The smallest absolute Gasteiger partial charge is 0.256 e. The summed E-state index contributed by atoms with van der Waals surface area (Å²) in [6.07, 6.45) is 1.15. The first kappa shape index (κ1) is 19.5. The molecular weight excluding hydrogens is 324 g/mol. The average Bonchev–Trinajstić information content (AvgIpc) is 2.59. The second-order valence-corrected chi connectivity index (χ2v) is 6.48. The van der Waals surface area contributed by atoms with E-state index in [1.54, 1.807) is 37.1 Å². The molecular formula is C18H28N2O5. The third kappa shape index (κ3) is 4.42. The molecule has 1 fully saturated rings. The molecule has 1 heterocycles. The Morgan fingerprint density at radius 3 is 2.72 bits per heavy atom. The van der Waals surface area contributed by atoms with E-state index in [1.807, 2.05) is 12.1 Å². The van der Waals surface area contributed by atoms with Gasteiger partial charge in [0.05, 0.1) is 20.8 Å². The number of carbonyl (C=O) groups is 1. The van der Waals surface area contributed by atoms with Crippen molar-refractivity contribution in [1.82, 2.24) is 9.80 Å². The van der Waals surface area contributed by atoms with E-state index in [0.717, 1.165) is 12.0 Å². The van der Waals surface area contributed by atoms with Crippen molar-refractivity contribution in [1.29, 1.82) is 0 Å². The molecule has 1 atom stereocenters. The summed E-state index contributed by atoms with van der Waals surface area (Å²) >= 11 is 0. The molecule has 0 aromatic heterocycles. The van der Waals surface area contributed by atoms with Crippen molar-refractivity contribution in [2.24, 2.45) is 0 Å². The number of piperidine rings is 1. The van der Waals surface area contributed by atoms with Crippen molar-refractivity contribution in [2.45, 2.75) is 25.0 Å². The van der Waals surface area contributed by atoms with E-state index in [0.29, 0.717) is 37.6 Å². The van der Waals surface area contributed by atoms with Gasteiger partial charge in [-0.3, -0.25) is 4.79 Å². The first-order valence-electron chi connectivity index (χ1n) is 8.46. The second-order valence-electron chi connectivity index (χ2n) is 6.48. The summed E-state index contributed by atoms with van der Waals surface area (Å²) < 4.78 is 10.7. The second kappa shape index (κ2) is 8.51. The summed E-state index contributed by atoms with van der Waals surface area (Å²) in [5.74, 6) is 0.931. The highest BCUT2D eigenvalue weighted by Crippen LogP contribution is 2.33. The zero-order valence-electron chi connectivity index (χ0n) is 15.2. The molecule has 0 unspecified atom stereocenters. The summed E-state index contributed by atoms with van der Waals surface area (Å²) in [7, 11) is 4.93. The molecule has 0 bridgehead atoms. The van der Waals surface area contributed by atoms with Crippen LogP contribution in [0.1, 0.15) is 18.4 Å². The number of likely N-dealkylation sites (N-methyl/N-ethyl adjacent to an activating group) is 1. The maximum absolute atomic E-state index is 12.9. The highest BCUT2D eigenvalue weighted by molar-refractivity contribution is 5.86. The van der Waals surface area contributed by atoms with Crippen molar-refractivity contribution in [3.63, 3.8) is 0 Å². The van der Waals surface area contributed by atoms with Gasteiger partial charge in [-0.25, -0.2) is 0 Å². The lowest BCUT2D eigenvalue weighted by atomic mass is 9.90. The number of nitrogens with zero attached hydrogens (tertiary/aromatic N) is 2. The molecule has 1 aliphatic heterocycles. The molecule has 1 amide bonds. The zero-order valence-corrected chi connectivity index (χ0v) is 15.2. The maximum atomic E-state index is 12.9. The van der Waals surface area contributed by atoms with Gasteiger partial charge in [0.2, 0.25) is 0 Å².